The summed E-state index contributed by atoms with van der Waals surface area (Å²) in [7, 11) is 0. The van der Waals surface area contributed by atoms with Crippen LogP contribution >= 0.6 is 0 Å². The Morgan fingerprint density at radius 1 is 1.56 bits per heavy atom. The van der Waals surface area contributed by atoms with Gasteiger partial charge in [0.25, 0.3) is 5.91 Å². The zero-order chi connectivity index (χ0) is 13.3. The fourth-order valence-electron chi connectivity index (χ4n) is 2.40. The minimum absolute atomic E-state index is 0.150. The first-order chi connectivity index (χ1) is 8.48. The lowest BCUT2D eigenvalue weighted by Crippen LogP contribution is -2.36. The predicted octanol–water partition coefficient (Wildman–Crippen LogP) is 1.91. The summed E-state index contributed by atoms with van der Waals surface area (Å²) in [6.07, 6.45) is 2.47. The SMILES string of the molecule is CCC1(C(=O)O)CCN(C(=O)c2coc(C)c2)C1. The number of carbonyl (C=O) groups excluding carboxylic acids is 1. The number of carboxylic acids is 1. The molecule has 0 radical (unpaired) electrons. The molecular formula is C13H17NO4. The molecule has 1 fully saturated rings. The van der Waals surface area contributed by atoms with E-state index in [4.69, 9.17) is 4.42 Å². The van der Waals surface area contributed by atoms with Crippen LogP contribution in [0.25, 0.3) is 0 Å². The maximum Gasteiger partial charge on any atom is 0.311 e. The summed E-state index contributed by atoms with van der Waals surface area (Å²) >= 11 is 0. The van der Waals surface area contributed by atoms with E-state index in [1.54, 1.807) is 17.9 Å². The van der Waals surface area contributed by atoms with Gasteiger partial charge in [0.15, 0.2) is 0 Å². The second kappa shape index (κ2) is 4.48. The molecule has 98 valence electrons. The van der Waals surface area contributed by atoms with E-state index in [1.165, 1.54) is 6.26 Å². The number of carboxylic acid groups (broad SMARTS) is 1. The van der Waals surface area contributed by atoms with Crippen molar-refractivity contribution in [1.82, 2.24) is 4.90 Å². The Bertz CT molecular complexity index is 479. The van der Waals surface area contributed by atoms with E-state index in [-0.39, 0.29) is 12.5 Å². The number of furan rings is 1. The average Bonchev–Trinajstić information content (AvgIpc) is 2.95. The molecule has 0 saturated carbocycles. The van der Waals surface area contributed by atoms with E-state index in [0.717, 1.165) is 0 Å². The van der Waals surface area contributed by atoms with Gasteiger partial charge in [-0.3, -0.25) is 9.59 Å². The van der Waals surface area contributed by atoms with Crippen LogP contribution < -0.4 is 0 Å². The normalized spacial score (nSPS) is 23.3. The highest BCUT2D eigenvalue weighted by molar-refractivity contribution is 5.94. The van der Waals surface area contributed by atoms with Crippen molar-refractivity contribution in [2.75, 3.05) is 13.1 Å². The van der Waals surface area contributed by atoms with E-state index < -0.39 is 11.4 Å². The largest absolute Gasteiger partial charge is 0.481 e. The molecule has 0 bridgehead atoms. The van der Waals surface area contributed by atoms with Gasteiger partial charge in [0, 0.05) is 13.1 Å². The van der Waals surface area contributed by atoms with Crippen LogP contribution in [0.15, 0.2) is 16.7 Å². The molecule has 1 N–H and O–H groups in total. The third kappa shape index (κ3) is 2.00. The standard InChI is InChI=1S/C13H17NO4/c1-3-13(12(16)17)4-5-14(8-13)11(15)10-6-9(2)18-7-10/h6-7H,3-5,8H2,1-2H3,(H,16,17). The Balaban J connectivity index is 2.13. The molecule has 1 unspecified atom stereocenters. The van der Waals surface area contributed by atoms with Crippen LogP contribution in [-0.4, -0.2) is 35.0 Å². The number of likely N-dealkylation sites (tertiary alicyclic amines) is 1. The molecule has 1 saturated heterocycles. The highest BCUT2D eigenvalue weighted by Crippen LogP contribution is 2.34. The van der Waals surface area contributed by atoms with E-state index in [0.29, 0.717) is 30.7 Å². The molecule has 1 aromatic heterocycles. The molecule has 1 aliphatic heterocycles. The Morgan fingerprint density at radius 3 is 2.72 bits per heavy atom. The number of hydrogen-bond donors (Lipinski definition) is 1. The molecule has 0 aromatic carbocycles. The van der Waals surface area contributed by atoms with Crippen LogP contribution in [0.4, 0.5) is 0 Å². The number of hydrogen-bond acceptors (Lipinski definition) is 3. The summed E-state index contributed by atoms with van der Waals surface area (Å²) in [6.45, 7) is 4.39. The lowest BCUT2D eigenvalue weighted by Gasteiger charge is -2.22. The molecule has 2 heterocycles. The van der Waals surface area contributed by atoms with E-state index in [1.807, 2.05) is 6.92 Å². The van der Waals surface area contributed by atoms with Crippen LogP contribution in [0, 0.1) is 12.3 Å². The number of amides is 1. The van der Waals surface area contributed by atoms with Crippen LogP contribution in [0.2, 0.25) is 0 Å². The van der Waals surface area contributed by atoms with Gasteiger partial charge in [0.1, 0.15) is 12.0 Å². The molecule has 1 amide bonds. The fourth-order valence-corrected chi connectivity index (χ4v) is 2.40. The summed E-state index contributed by atoms with van der Waals surface area (Å²) < 4.78 is 5.11. The number of rotatable bonds is 3. The molecule has 0 aliphatic carbocycles. The number of aryl methyl sites for hydroxylation is 1. The Hall–Kier alpha value is -1.78. The van der Waals surface area contributed by atoms with Gasteiger partial charge < -0.3 is 14.4 Å². The molecule has 5 heteroatoms. The van der Waals surface area contributed by atoms with Crippen molar-refractivity contribution in [3.05, 3.63) is 23.7 Å². The van der Waals surface area contributed by atoms with Crippen molar-refractivity contribution >= 4 is 11.9 Å². The first kappa shape index (κ1) is 12.7. The monoisotopic (exact) mass is 251 g/mol. The molecule has 5 nitrogen and oxygen atoms in total. The minimum atomic E-state index is -0.816. The van der Waals surface area contributed by atoms with Crippen molar-refractivity contribution in [2.45, 2.75) is 26.7 Å². The summed E-state index contributed by atoms with van der Waals surface area (Å²) in [5.41, 5.74) is -0.293. The summed E-state index contributed by atoms with van der Waals surface area (Å²) in [5.74, 6) is -0.287. The zero-order valence-corrected chi connectivity index (χ0v) is 10.6. The van der Waals surface area contributed by atoms with Crippen molar-refractivity contribution in [3.63, 3.8) is 0 Å². The third-order valence-corrected chi connectivity index (χ3v) is 3.75. The average molecular weight is 251 g/mol. The van der Waals surface area contributed by atoms with Crippen molar-refractivity contribution in [3.8, 4) is 0 Å². The van der Waals surface area contributed by atoms with Gasteiger partial charge in [0.05, 0.1) is 11.0 Å². The molecule has 1 atom stereocenters. The van der Waals surface area contributed by atoms with E-state index in [9.17, 15) is 14.7 Å². The van der Waals surface area contributed by atoms with Crippen LogP contribution in [0.3, 0.4) is 0 Å². The Morgan fingerprint density at radius 2 is 2.28 bits per heavy atom. The fraction of sp³-hybridized carbons (Fsp3) is 0.538. The number of nitrogens with zero attached hydrogens (tertiary/aromatic N) is 1. The van der Waals surface area contributed by atoms with Crippen molar-refractivity contribution in [2.24, 2.45) is 5.41 Å². The summed E-state index contributed by atoms with van der Waals surface area (Å²) in [6, 6.07) is 1.68. The molecule has 1 aromatic rings. The molecule has 1 aliphatic rings. The van der Waals surface area contributed by atoms with Gasteiger partial charge >= 0.3 is 5.97 Å². The first-order valence-electron chi connectivity index (χ1n) is 6.06. The highest BCUT2D eigenvalue weighted by Gasteiger charge is 2.44. The lowest BCUT2D eigenvalue weighted by molar-refractivity contribution is -0.148. The van der Waals surface area contributed by atoms with Crippen LogP contribution in [-0.2, 0) is 4.79 Å². The van der Waals surface area contributed by atoms with Gasteiger partial charge in [-0.25, -0.2) is 0 Å². The molecular weight excluding hydrogens is 234 g/mol. The number of aliphatic carboxylic acids is 1. The topological polar surface area (TPSA) is 70.8 Å². The van der Waals surface area contributed by atoms with Crippen molar-refractivity contribution < 1.29 is 19.1 Å². The highest BCUT2D eigenvalue weighted by atomic mass is 16.4. The maximum atomic E-state index is 12.2. The zero-order valence-electron chi connectivity index (χ0n) is 10.6. The Kier molecular flexibility index (Phi) is 3.15. The van der Waals surface area contributed by atoms with Gasteiger partial charge in [-0.15, -0.1) is 0 Å². The predicted molar refractivity (Wildman–Crippen MR) is 64.3 cm³/mol. The summed E-state index contributed by atoms with van der Waals surface area (Å²) in [5, 5.41) is 9.28. The second-order valence-corrected chi connectivity index (χ2v) is 4.86. The van der Waals surface area contributed by atoms with Gasteiger partial charge in [-0.05, 0) is 25.8 Å². The molecule has 18 heavy (non-hydrogen) atoms. The summed E-state index contributed by atoms with van der Waals surface area (Å²) in [4.78, 5) is 25.1. The second-order valence-electron chi connectivity index (χ2n) is 4.86. The Labute approximate surface area is 105 Å². The molecule has 2 rings (SSSR count). The van der Waals surface area contributed by atoms with Gasteiger partial charge in [0.2, 0.25) is 0 Å². The minimum Gasteiger partial charge on any atom is -0.481 e. The quantitative estimate of drug-likeness (QED) is 0.890. The van der Waals surface area contributed by atoms with Gasteiger partial charge in [-0.1, -0.05) is 6.92 Å². The van der Waals surface area contributed by atoms with E-state index in [2.05, 4.69) is 0 Å². The van der Waals surface area contributed by atoms with Gasteiger partial charge in [-0.2, -0.15) is 0 Å². The number of carbonyl (C=O) groups is 2. The lowest BCUT2D eigenvalue weighted by atomic mass is 9.84. The van der Waals surface area contributed by atoms with Crippen LogP contribution in [0.5, 0.6) is 0 Å². The third-order valence-electron chi connectivity index (χ3n) is 3.75. The van der Waals surface area contributed by atoms with Crippen molar-refractivity contribution in [1.29, 1.82) is 0 Å². The first-order valence-corrected chi connectivity index (χ1v) is 6.06. The van der Waals surface area contributed by atoms with E-state index >= 15 is 0 Å². The molecule has 0 spiro atoms. The maximum absolute atomic E-state index is 12.2. The van der Waals surface area contributed by atoms with Crippen LogP contribution in [0.1, 0.15) is 35.9 Å². The smallest absolute Gasteiger partial charge is 0.311 e.